The lowest BCUT2D eigenvalue weighted by atomic mass is 9.84. The minimum atomic E-state index is -0.881. The molecule has 1 aliphatic rings. The van der Waals surface area contributed by atoms with Crippen molar-refractivity contribution in [1.82, 2.24) is 0 Å². The van der Waals surface area contributed by atoms with Crippen molar-refractivity contribution in [1.29, 1.82) is 0 Å². The van der Waals surface area contributed by atoms with Crippen molar-refractivity contribution in [2.45, 2.75) is 0 Å². The standard InChI is InChI=1S/C14H8O2.C2H4O2S/c15-13-9-5-1-2-6-10(9)14(16)12-8-4-3-7-11(12)13;3-2(4)1-5/h1-8H;5H,1H2,(H,3,4). The molecule has 21 heavy (non-hydrogen) atoms. The molecule has 2 aromatic carbocycles. The highest BCUT2D eigenvalue weighted by Crippen LogP contribution is 2.26. The maximum Gasteiger partial charge on any atom is 0.313 e. The van der Waals surface area contributed by atoms with E-state index in [2.05, 4.69) is 12.6 Å². The van der Waals surface area contributed by atoms with Crippen molar-refractivity contribution in [3.8, 4) is 0 Å². The molecule has 0 radical (unpaired) electrons. The summed E-state index contributed by atoms with van der Waals surface area (Å²) in [4.78, 5) is 33.5. The number of carbonyl (C=O) groups is 3. The zero-order valence-electron chi connectivity index (χ0n) is 10.9. The van der Waals surface area contributed by atoms with Gasteiger partial charge in [0.1, 0.15) is 0 Å². The highest BCUT2D eigenvalue weighted by molar-refractivity contribution is 7.81. The topological polar surface area (TPSA) is 71.4 Å². The first kappa shape index (κ1) is 15.0. The van der Waals surface area contributed by atoms with Crippen LogP contribution >= 0.6 is 12.6 Å². The third kappa shape index (κ3) is 3.03. The van der Waals surface area contributed by atoms with Crippen LogP contribution in [0.5, 0.6) is 0 Å². The van der Waals surface area contributed by atoms with Gasteiger partial charge in [0.25, 0.3) is 0 Å². The van der Waals surface area contributed by atoms with Gasteiger partial charge < -0.3 is 5.11 Å². The molecule has 5 heteroatoms. The van der Waals surface area contributed by atoms with E-state index in [1.165, 1.54) is 0 Å². The maximum atomic E-state index is 12.1. The molecule has 4 nitrogen and oxygen atoms in total. The van der Waals surface area contributed by atoms with Gasteiger partial charge in [-0.25, -0.2) is 0 Å². The third-order valence-corrected chi connectivity index (χ3v) is 3.24. The molecule has 0 fully saturated rings. The second-order valence-corrected chi connectivity index (χ2v) is 4.62. The number of carbonyl (C=O) groups excluding carboxylic acids is 2. The van der Waals surface area contributed by atoms with Crippen molar-refractivity contribution >= 4 is 30.2 Å². The van der Waals surface area contributed by atoms with Gasteiger partial charge in [-0.15, -0.1) is 0 Å². The molecule has 0 heterocycles. The van der Waals surface area contributed by atoms with Crippen LogP contribution in [0.1, 0.15) is 31.8 Å². The Hall–Kier alpha value is -2.40. The van der Waals surface area contributed by atoms with Gasteiger partial charge in [-0.05, 0) is 0 Å². The molecule has 1 aliphatic carbocycles. The molecule has 0 spiro atoms. The normalized spacial score (nSPS) is 11.9. The predicted molar refractivity (Wildman–Crippen MR) is 81.2 cm³/mol. The minimum Gasteiger partial charge on any atom is -0.481 e. The average molecular weight is 300 g/mol. The molecule has 0 saturated carbocycles. The first-order valence-corrected chi connectivity index (χ1v) is 6.79. The number of hydrogen-bond donors (Lipinski definition) is 2. The molecular formula is C16H12O4S. The molecule has 0 unspecified atom stereocenters. The number of ketones is 2. The van der Waals surface area contributed by atoms with Crippen LogP contribution in [0.4, 0.5) is 0 Å². The Kier molecular flexibility index (Phi) is 4.55. The molecule has 0 amide bonds. The number of carboxylic acids is 1. The van der Waals surface area contributed by atoms with Crippen LogP contribution in [0.3, 0.4) is 0 Å². The molecule has 1 N–H and O–H groups in total. The fraction of sp³-hybridized carbons (Fsp3) is 0.0625. The summed E-state index contributed by atoms with van der Waals surface area (Å²) < 4.78 is 0. The Morgan fingerprint density at radius 1 is 0.810 bits per heavy atom. The Bertz CT molecular complexity index is 616. The second-order valence-electron chi connectivity index (χ2n) is 4.30. The molecule has 0 bridgehead atoms. The molecule has 0 atom stereocenters. The van der Waals surface area contributed by atoms with Crippen LogP contribution in [0.15, 0.2) is 48.5 Å². The van der Waals surface area contributed by atoms with Crippen molar-refractivity contribution < 1.29 is 19.5 Å². The minimum absolute atomic E-state index is 0.0641. The smallest absolute Gasteiger partial charge is 0.313 e. The lowest BCUT2D eigenvalue weighted by Crippen LogP contribution is -2.20. The zero-order chi connectivity index (χ0) is 15.4. The number of thiol groups is 1. The summed E-state index contributed by atoms with van der Waals surface area (Å²) in [5, 5.41) is 7.65. The number of fused-ring (bicyclic) bond motifs is 2. The Labute approximate surface area is 126 Å². The summed E-state index contributed by atoms with van der Waals surface area (Å²) in [6, 6.07) is 13.9. The molecular weight excluding hydrogens is 288 g/mol. The van der Waals surface area contributed by atoms with Gasteiger partial charge in [0.2, 0.25) is 0 Å². The third-order valence-electron chi connectivity index (χ3n) is 2.97. The summed E-state index contributed by atoms with van der Waals surface area (Å²) in [5.74, 6) is -1.09. The number of hydrogen-bond acceptors (Lipinski definition) is 4. The van der Waals surface area contributed by atoms with Crippen molar-refractivity contribution in [2.24, 2.45) is 0 Å². The molecule has 3 rings (SSSR count). The summed E-state index contributed by atoms with van der Waals surface area (Å²) in [7, 11) is 0. The van der Waals surface area contributed by atoms with E-state index in [1.807, 2.05) is 0 Å². The molecule has 0 aliphatic heterocycles. The van der Waals surface area contributed by atoms with E-state index < -0.39 is 5.97 Å². The lowest BCUT2D eigenvalue weighted by molar-refractivity contribution is -0.133. The maximum absolute atomic E-state index is 12.1. The predicted octanol–water partition coefficient (Wildman–Crippen LogP) is 2.46. The van der Waals surface area contributed by atoms with Gasteiger partial charge >= 0.3 is 5.97 Å². The SMILES string of the molecule is O=C(O)CS.O=C1c2ccccc2C(=O)c2ccccc21. The van der Waals surface area contributed by atoms with Crippen molar-refractivity contribution in [2.75, 3.05) is 5.75 Å². The van der Waals surface area contributed by atoms with E-state index in [0.717, 1.165) is 0 Å². The fourth-order valence-electron chi connectivity index (χ4n) is 2.05. The second kappa shape index (κ2) is 6.37. The van der Waals surface area contributed by atoms with Gasteiger partial charge in [-0.1, -0.05) is 48.5 Å². The fourth-order valence-corrected chi connectivity index (χ4v) is 2.05. The van der Waals surface area contributed by atoms with Crippen molar-refractivity contribution in [3.63, 3.8) is 0 Å². The zero-order valence-corrected chi connectivity index (χ0v) is 11.8. The monoisotopic (exact) mass is 300 g/mol. The Morgan fingerprint density at radius 3 is 1.24 bits per heavy atom. The lowest BCUT2D eigenvalue weighted by Gasteiger charge is -2.16. The van der Waals surface area contributed by atoms with Crippen LogP contribution in [0.25, 0.3) is 0 Å². The highest BCUT2D eigenvalue weighted by atomic mass is 32.1. The van der Waals surface area contributed by atoms with Gasteiger partial charge in [-0.3, -0.25) is 14.4 Å². The Morgan fingerprint density at radius 2 is 1.05 bits per heavy atom. The van der Waals surface area contributed by atoms with Gasteiger partial charge in [0.15, 0.2) is 11.6 Å². The van der Waals surface area contributed by atoms with Gasteiger partial charge in [0, 0.05) is 22.3 Å². The Balaban J connectivity index is 0.000000282. The van der Waals surface area contributed by atoms with E-state index in [9.17, 15) is 14.4 Å². The van der Waals surface area contributed by atoms with E-state index in [1.54, 1.807) is 48.5 Å². The first-order valence-electron chi connectivity index (χ1n) is 6.16. The molecule has 2 aromatic rings. The molecule has 0 saturated heterocycles. The summed E-state index contributed by atoms with van der Waals surface area (Å²) in [6.07, 6.45) is 0. The number of carboxylic acid groups (broad SMARTS) is 1. The van der Waals surface area contributed by atoms with Crippen LogP contribution < -0.4 is 0 Å². The molecule has 106 valence electrons. The van der Waals surface area contributed by atoms with Crippen LogP contribution in [-0.2, 0) is 4.79 Å². The first-order chi connectivity index (χ1) is 10.1. The number of benzene rings is 2. The van der Waals surface area contributed by atoms with Gasteiger partial charge in [-0.2, -0.15) is 12.6 Å². The largest absolute Gasteiger partial charge is 0.481 e. The van der Waals surface area contributed by atoms with Crippen molar-refractivity contribution in [3.05, 3.63) is 70.8 Å². The van der Waals surface area contributed by atoms with Gasteiger partial charge in [0.05, 0.1) is 5.75 Å². The van der Waals surface area contributed by atoms with E-state index in [0.29, 0.717) is 22.3 Å². The van der Waals surface area contributed by atoms with Crippen LogP contribution in [0.2, 0.25) is 0 Å². The van der Waals surface area contributed by atoms with E-state index >= 15 is 0 Å². The molecule has 0 aromatic heterocycles. The quantitative estimate of drug-likeness (QED) is 0.677. The summed E-state index contributed by atoms with van der Waals surface area (Å²) >= 11 is 3.42. The highest BCUT2D eigenvalue weighted by Gasteiger charge is 2.28. The number of rotatable bonds is 1. The van der Waals surface area contributed by atoms with Crippen LogP contribution in [0, 0.1) is 0 Å². The van der Waals surface area contributed by atoms with E-state index in [4.69, 9.17) is 5.11 Å². The average Bonchev–Trinajstić information content (AvgIpc) is 2.53. The summed E-state index contributed by atoms with van der Waals surface area (Å²) in [5.41, 5.74) is 2.02. The van der Waals surface area contributed by atoms with Crippen LogP contribution in [-0.4, -0.2) is 28.4 Å². The van der Waals surface area contributed by atoms with E-state index in [-0.39, 0.29) is 17.3 Å². The summed E-state index contributed by atoms with van der Waals surface area (Å²) in [6.45, 7) is 0. The number of aliphatic carboxylic acids is 1.